The van der Waals surface area contributed by atoms with E-state index in [1.807, 2.05) is 4.90 Å². The zero-order valence-corrected chi connectivity index (χ0v) is 12.1. The average molecular weight is 319 g/mol. The maximum absolute atomic E-state index is 13.8. The van der Waals surface area contributed by atoms with Gasteiger partial charge in [0.1, 0.15) is 5.82 Å². The van der Waals surface area contributed by atoms with E-state index in [9.17, 15) is 19.3 Å². The van der Waals surface area contributed by atoms with E-state index in [0.717, 1.165) is 6.33 Å². The van der Waals surface area contributed by atoms with E-state index in [0.29, 0.717) is 31.9 Å². The van der Waals surface area contributed by atoms with Crippen molar-refractivity contribution in [3.8, 4) is 0 Å². The fraction of sp³-hybridized carbons (Fsp3) is 0.286. The Morgan fingerprint density at radius 1 is 1.17 bits per heavy atom. The summed E-state index contributed by atoms with van der Waals surface area (Å²) < 4.78 is 13.8. The minimum atomic E-state index is -0.781. The molecule has 1 aliphatic rings. The number of aromatic nitrogens is 2. The summed E-state index contributed by atoms with van der Waals surface area (Å²) >= 11 is 0. The van der Waals surface area contributed by atoms with Crippen molar-refractivity contribution in [2.24, 2.45) is 0 Å². The highest BCUT2D eigenvalue weighted by molar-refractivity contribution is 5.58. The van der Waals surface area contributed by atoms with Gasteiger partial charge in [0.25, 0.3) is 0 Å². The highest BCUT2D eigenvalue weighted by Crippen LogP contribution is 2.25. The number of nitrogens with one attached hydrogen (secondary N) is 1. The number of benzene rings is 1. The molecule has 120 valence electrons. The van der Waals surface area contributed by atoms with E-state index in [4.69, 9.17) is 0 Å². The number of nitrogens with zero attached hydrogens (tertiary/aromatic N) is 4. The Labute approximate surface area is 130 Å². The van der Waals surface area contributed by atoms with Crippen LogP contribution in [-0.2, 0) is 0 Å². The first-order valence-corrected chi connectivity index (χ1v) is 7.04. The molecule has 1 N–H and O–H groups in total. The van der Waals surface area contributed by atoms with Crippen LogP contribution < -0.4 is 15.4 Å². The Morgan fingerprint density at radius 2 is 1.83 bits per heavy atom. The van der Waals surface area contributed by atoms with Gasteiger partial charge in [-0.25, -0.2) is 9.37 Å². The van der Waals surface area contributed by atoms with Crippen LogP contribution in [0, 0.1) is 15.9 Å². The van der Waals surface area contributed by atoms with Gasteiger partial charge in [-0.1, -0.05) is 12.1 Å². The zero-order valence-electron chi connectivity index (χ0n) is 12.1. The normalized spacial score (nSPS) is 14.8. The monoisotopic (exact) mass is 319 g/mol. The molecule has 1 aromatic heterocycles. The number of H-pyrrole nitrogens is 1. The summed E-state index contributed by atoms with van der Waals surface area (Å²) in [5.41, 5.74) is -0.844. The van der Waals surface area contributed by atoms with Gasteiger partial charge in [-0.05, 0) is 12.1 Å². The maximum Gasteiger partial charge on any atom is 0.375 e. The summed E-state index contributed by atoms with van der Waals surface area (Å²) in [6, 6.07) is 6.47. The number of hydrogen-bond acceptors (Lipinski definition) is 6. The quantitative estimate of drug-likeness (QED) is 0.673. The molecule has 1 saturated heterocycles. The number of para-hydroxylation sites is 1. The molecule has 0 unspecified atom stereocenters. The van der Waals surface area contributed by atoms with Crippen LogP contribution in [0.4, 0.5) is 21.6 Å². The predicted octanol–water partition coefficient (Wildman–Crippen LogP) is 1.14. The molecule has 0 bridgehead atoms. The standard InChI is InChI=1S/C14H14FN5O3/c15-10-3-1-2-4-11(10)18-5-7-19(8-6-18)13-12(20(22)23)14(21)17-9-16-13/h1-4,9H,5-8H2,(H,16,17,21). The lowest BCUT2D eigenvalue weighted by Crippen LogP contribution is -2.47. The molecule has 8 nitrogen and oxygen atoms in total. The van der Waals surface area contributed by atoms with Gasteiger partial charge in [0.05, 0.1) is 16.9 Å². The fourth-order valence-corrected chi connectivity index (χ4v) is 2.65. The number of hydrogen-bond donors (Lipinski definition) is 1. The van der Waals surface area contributed by atoms with Crippen LogP contribution in [-0.4, -0.2) is 41.1 Å². The molecule has 0 radical (unpaired) electrons. The van der Waals surface area contributed by atoms with Gasteiger partial charge in [-0.2, -0.15) is 0 Å². The molecule has 2 aromatic rings. The van der Waals surface area contributed by atoms with Crippen LogP contribution in [0.25, 0.3) is 0 Å². The Kier molecular flexibility index (Phi) is 3.92. The fourth-order valence-electron chi connectivity index (χ4n) is 2.65. The van der Waals surface area contributed by atoms with Crippen LogP contribution >= 0.6 is 0 Å². The van der Waals surface area contributed by atoms with E-state index in [1.54, 1.807) is 23.1 Å². The largest absolute Gasteiger partial charge is 0.375 e. The number of nitro groups is 1. The first-order chi connectivity index (χ1) is 11.1. The summed E-state index contributed by atoms with van der Waals surface area (Å²) in [4.78, 5) is 31.7. The first kappa shape index (κ1) is 14.9. The van der Waals surface area contributed by atoms with Crippen LogP contribution in [0.3, 0.4) is 0 Å². The molecule has 23 heavy (non-hydrogen) atoms. The highest BCUT2D eigenvalue weighted by atomic mass is 19.1. The zero-order chi connectivity index (χ0) is 16.4. The maximum atomic E-state index is 13.8. The van der Waals surface area contributed by atoms with Gasteiger partial charge in [-0.15, -0.1) is 0 Å². The summed E-state index contributed by atoms with van der Waals surface area (Å²) in [5.74, 6) is -0.256. The molecule has 9 heteroatoms. The lowest BCUT2D eigenvalue weighted by molar-refractivity contribution is -0.385. The number of rotatable bonds is 3. The van der Waals surface area contributed by atoms with Gasteiger partial charge in [0, 0.05) is 26.2 Å². The van der Waals surface area contributed by atoms with Crippen molar-refractivity contribution < 1.29 is 9.31 Å². The molecule has 0 spiro atoms. The summed E-state index contributed by atoms with van der Waals surface area (Å²) in [6.07, 6.45) is 1.15. The Hall–Kier alpha value is -2.97. The van der Waals surface area contributed by atoms with Crippen molar-refractivity contribution in [3.05, 3.63) is 56.9 Å². The van der Waals surface area contributed by atoms with Crippen molar-refractivity contribution in [1.29, 1.82) is 0 Å². The average Bonchev–Trinajstić information content (AvgIpc) is 2.55. The third-order valence-electron chi connectivity index (χ3n) is 3.76. The molecular formula is C14H14FN5O3. The van der Waals surface area contributed by atoms with Crippen molar-refractivity contribution in [1.82, 2.24) is 9.97 Å². The Bertz CT molecular complexity index is 786. The number of halogens is 1. The molecule has 0 atom stereocenters. The second kappa shape index (κ2) is 6.03. The Morgan fingerprint density at radius 3 is 2.48 bits per heavy atom. The minimum Gasteiger partial charge on any atom is -0.366 e. The number of anilines is 2. The SMILES string of the molecule is O=c1[nH]cnc(N2CCN(c3ccccc3F)CC2)c1[N+](=O)[O-]. The van der Waals surface area contributed by atoms with Crippen molar-refractivity contribution in [2.45, 2.75) is 0 Å². The van der Waals surface area contributed by atoms with Gasteiger partial charge >= 0.3 is 11.2 Å². The second-order valence-corrected chi connectivity index (χ2v) is 5.09. The van der Waals surface area contributed by atoms with E-state index >= 15 is 0 Å². The van der Waals surface area contributed by atoms with Crippen LogP contribution in [0.5, 0.6) is 0 Å². The number of aromatic amines is 1. The van der Waals surface area contributed by atoms with E-state index in [-0.39, 0.29) is 11.6 Å². The third kappa shape index (κ3) is 2.85. The lowest BCUT2D eigenvalue weighted by atomic mass is 10.2. The first-order valence-electron chi connectivity index (χ1n) is 7.04. The minimum absolute atomic E-state index is 0.0481. The topological polar surface area (TPSA) is 95.4 Å². The molecule has 0 aliphatic carbocycles. The van der Waals surface area contributed by atoms with Crippen molar-refractivity contribution in [3.63, 3.8) is 0 Å². The highest BCUT2D eigenvalue weighted by Gasteiger charge is 2.28. The van der Waals surface area contributed by atoms with Crippen LogP contribution in [0.1, 0.15) is 0 Å². The smallest absolute Gasteiger partial charge is 0.366 e. The van der Waals surface area contributed by atoms with Gasteiger partial charge in [0.15, 0.2) is 0 Å². The van der Waals surface area contributed by atoms with E-state index in [2.05, 4.69) is 9.97 Å². The molecular weight excluding hydrogens is 305 g/mol. The molecule has 1 aromatic carbocycles. The van der Waals surface area contributed by atoms with Gasteiger partial charge in [0.2, 0.25) is 5.82 Å². The summed E-state index contributed by atoms with van der Waals surface area (Å²) in [7, 11) is 0. The molecule has 1 fully saturated rings. The molecule has 0 saturated carbocycles. The van der Waals surface area contributed by atoms with Crippen LogP contribution in [0.2, 0.25) is 0 Å². The lowest BCUT2D eigenvalue weighted by Gasteiger charge is -2.36. The predicted molar refractivity (Wildman–Crippen MR) is 82.3 cm³/mol. The summed E-state index contributed by atoms with van der Waals surface area (Å²) in [5, 5.41) is 11.1. The molecule has 0 amide bonds. The second-order valence-electron chi connectivity index (χ2n) is 5.09. The van der Waals surface area contributed by atoms with Crippen LogP contribution in [0.15, 0.2) is 35.4 Å². The van der Waals surface area contributed by atoms with Gasteiger partial charge < -0.3 is 14.8 Å². The Balaban J connectivity index is 1.80. The van der Waals surface area contributed by atoms with E-state index in [1.165, 1.54) is 6.07 Å². The third-order valence-corrected chi connectivity index (χ3v) is 3.76. The van der Waals surface area contributed by atoms with Crippen molar-refractivity contribution in [2.75, 3.05) is 36.0 Å². The van der Waals surface area contributed by atoms with Crippen molar-refractivity contribution >= 4 is 17.2 Å². The summed E-state index contributed by atoms with van der Waals surface area (Å²) in [6.45, 7) is 1.77. The number of piperazine rings is 1. The van der Waals surface area contributed by atoms with E-state index < -0.39 is 16.2 Å². The molecule has 2 heterocycles. The molecule has 3 rings (SSSR count). The van der Waals surface area contributed by atoms with Gasteiger partial charge in [-0.3, -0.25) is 14.9 Å². The molecule has 1 aliphatic heterocycles.